The lowest BCUT2D eigenvalue weighted by Crippen LogP contribution is -2.34. The summed E-state index contributed by atoms with van der Waals surface area (Å²) in [5.41, 5.74) is 0.221. The summed E-state index contributed by atoms with van der Waals surface area (Å²) < 4.78 is 29.8. The number of ether oxygens (including phenoxy) is 1. The van der Waals surface area contributed by atoms with E-state index in [0.29, 0.717) is 6.10 Å². The van der Waals surface area contributed by atoms with Crippen LogP contribution in [0.4, 0.5) is 0 Å². The molecular weight excluding hydrogens is 314 g/mol. The molecule has 0 radical (unpaired) electrons. The van der Waals surface area contributed by atoms with E-state index in [4.69, 9.17) is 4.74 Å². The van der Waals surface area contributed by atoms with Gasteiger partial charge in [0.25, 0.3) is 5.91 Å². The standard InChI is InChI=1S/C17H25NO4S/c1-3-23(20,21)16-9-5-4-8-15(16)17(19)18-13(2)10-11-14-7-6-12-22-14/h4-5,8-9,13-14H,3,6-7,10-12H2,1-2H3,(H,18,19)/t13-,14+/m0/s1. The van der Waals surface area contributed by atoms with Gasteiger partial charge < -0.3 is 10.1 Å². The zero-order chi connectivity index (χ0) is 16.9. The lowest BCUT2D eigenvalue weighted by Gasteiger charge is -2.17. The molecule has 0 unspecified atom stereocenters. The maximum absolute atomic E-state index is 12.4. The van der Waals surface area contributed by atoms with Crippen molar-refractivity contribution in [2.75, 3.05) is 12.4 Å². The molecule has 0 spiro atoms. The van der Waals surface area contributed by atoms with Gasteiger partial charge in [0.05, 0.1) is 22.3 Å². The molecule has 2 rings (SSSR count). The van der Waals surface area contributed by atoms with E-state index in [-0.39, 0.29) is 28.2 Å². The Labute approximate surface area is 138 Å². The largest absolute Gasteiger partial charge is 0.378 e. The predicted octanol–water partition coefficient (Wildman–Crippen LogP) is 2.56. The highest BCUT2D eigenvalue weighted by Crippen LogP contribution is 2.19. The Kier molecular flexibility index (Phi) is 6.18. The van der Waals surface area contributed by atoms with Crippen molar-refractivity contribution in [1.29, 1.82) is 0 Å². The molecule has 6 heteroatoms. The summed E-state index contributed by atoms with van der Waals surface area (Å²) in [7, 11) is -3.42. The van der Waals surface area contributed by atoms with E-state index in [1.165, 1.54) is 6.07 Å². The van der Waals surface area contributed by atoms with Crippen LogP contribution >= 0.6 is 0 Å². The van der Waals surface area contributed by atoms with Gasteiger partial charge in [0.1, 0.15) is 0 Å². The normalized spacial score (nSPS) is 19.5. The molecule has 1 aliphatic rings. The van der Waals surface area contributed by atoms with Gasteiger partial charge in [0.15, 0.2) is 9.84 Å². The average molecular weight is 339 g/mol. The fourth-order valence-electron chi connectivity index (χ4n) is 2.76. The molecule has 0 saturated carbocycles. The number of benzene rings is 1. The summed E-state index contributed by atoms with van der Waals surface area (Å²) in [4.78, 5) is 12.5. The molecule has 1 fully saturated rings. The number of hydrogen-bond acceptors (Lipinski definition) is 4. The van der Waals surface area contributed by atoms with E-state index < -0.39 is 9.84 Å². The van der Waals surface area contributed by atoms with Crippen LogP contribution in [0.5, 0.6) is 0 Å². The smallest absolute Gasteiger partial charge is 0.252 e. The van der Waals surface area contributed by atoms with Gasteiger partial charge in [-0.2, -0.15) is 0 Å². The molecule has 1 saturated heterocycles. The first-order chi connectivity index (χ1) is 10.9. The summed E-state index contributed by atoms with van der Waals surface area (Å²) in [6, 6.07) is 6.35. The minimum atomic E-state index is -3.42. The van der Waals surface area contributed by atoms with E-state index >= 15 is 0 Å². The van der Waals surface area contributed by atoms with Gasteiger partial charge in [-0.3, -0.25) is 4.79 Å². The van der Waals surface area contributed by atoms with E-state index in [1.54, 1.807) is 25.1 Å². The van der Waals surface area contributed by atoms with Crippen LogP contribution < -0.4 is 5.32 Å². The molecule has 1 aliphatic heterocycles. The van der Waals surface area contributed by atoms with E-state index in [9.17, 15) is 13.2 Å². The Hall–Kier alpha value is -1.40. The lowest BCUT2D eigenvalue weighted by atomic mass is 10.1. The van der Waals surface area contributed by atoms with Crippen molar-refractivity contribution in [1.82, 2.24) is 5.32 Å². The highest BCUT2D eigenvalue weighted by molar-refractivity contribution is 7.91. The first-order valence-corrected chi connectivity index (χ1v) is 9.83. The topological polar surface area (TPSA) is 72.5 Å². The van der Waals surface area contributed by atoms with Crippen LogP contribution in [0.2, 0.25) is 0 Å². The molecule has 1 amide bonds. The zero-order valence-electron chi connectivity index (χ0n) is 13.7. The molecule has 2 atom stereocenters. The van der Waals surface area contributed by atoms with Crippen molar-refractivity contribution < 1.29 is 17.9 Å². The fraction of sp³-hybridized carbons (Fsp3) is 0.588. The third-order valence-corrected chi connectivity index (χ3v) is 5.96. The van der Waals surface area contributed by atoms with Crippen molar-refractivity contribution in [3.63, 3.8) is 0 Å². The maximum Gasteiger partial charge on any atom is 0.252 e. The number of carbonyl (C=O) groups is 1. The molecule has 1 aromatic rings. The van der Waals surface area contributed by atoms with Gasteiger partial charge in [-0.15, -0.1) is 0 Å². The first kappa shape index (κ1) is 17.9. The van der Waals surface area contributed by atoms with E-state index in [1.807, 2.05) is 6.92 Å². The number of amides is 1. The third-order valence-electron chi connectivity index (χ3n) is 4.17. The van der Waals surface area contributed by atoms with Crippen molar-refractivity contribution in [3.8, 4) is 0 Å². The predicted molar refractivity (Wildman–Crippen MR) is 89.3 cm³/mol. The van der Waals surface area contributed by atoms with Gasteiger partial charge in [-0.25, -0.2) is 8.42 Å². The van der Waals surface area contributed by atoms with E-state index in [0.717, 1.165) is 32.3 Å². The van der Waals surface area contributed by atoms with Crippen molar-refractivity contribution >= 4 is 15.7 Å². The first-order valence-electron chi connectivity index (χ1n) is 8.18. The highest BCUT2D eigenvalue weighted by Gasteiger charge is 2.22. The van der Waals surface area contributed by atoms with Gasteiger partial charge in [-0.1, -0.05) is 19.1 Å². The Morgan fingerprint density at radius 1 is 1.39 bits per heavy atom. The second-order valence-corrected chi connectivity index (χ2v) is 8.23. The molecule has 1 aromatic carbocycles. The minimum Gasteiger partial charge on any atom is -0.378 e. The van der Waals surface area contributed by atoms with Crippen molar-refractivity contribution in [3.05, 3.63) is 29.8 Å². The molecule has 1 N–H and O–H groups in total. The van der Waals surface area contributed by atoms with Crippen LogP contribution in [0.25, 0.3) is 0 Å². The summed E-state index contributed by atoms with van der Waals surface area (Å²) in [6.45, 7) is 4.34. The van der Waals surface area contributed by atoms with Gasteiger partial charge >= 0.3 is 0 Å². The van der Waals surface area contributed by atoms with E-state index in [2.05, 4.69) is 5.32 Å². The molecule has 1 heterocycles. The molecule has 23 heavy (non-hydrogen) atoms. The average Bonchev–Trinajstić information content (AvgIpc) is 3.06. The summed E-state index contributed by atoms with van der Waals surface area (Å²) in [5, 5.41) is 2.90. The summed E-state index contributed by atoms with van der Waals surface area (Å²) in [6.07, 6.45) is 4.21. The third kappa shape index (κ3) is 4.78. The van der Waals surface area contributed by atoms with Crippen LogP contribution in [0.3, 0.4) is 0 Å². The highest BCUT2D eigenvalue weighted by atomic mass is 32.2. The minimum absolute atomic E-state index is 0.0220. The Morgan fingerprint density at radius 3 is 2.78 bits per heavy atom. The monoisotopic (exact) mass is 339 g/mol. The zero-order valence-corrected chi connectivity index (χ0v) is 14.6. The molecule has 128 valence electrons. The van der Waals surface area contributed by atoms with Gasteiger partial charge in [-0.05, 0) is 44.7 Å². The van der Waals surface area contributed by atoms with Gasteiger partial charge in [0.2, 0.25) is 0 Å². The summed E-state index contributed by atoms with van der Waals surface area (Å²) >= 11 is 0. The molecule has 0 bridgehead atoms. The lowest BCUT2D eigenvalue weighted by molar-refractivity contribution is 0.0897. The van der Waals surface area contributed by atoms with Crippen molar-refractivity contribution in [2.24, 2.45) is 0 Å². The van der Waals surface area contributed by atoms with Crippen LogP contribution in [-0.2, 0) is 14.6 Å². The molecular formula is C17H25NO4S. The second kappa shape index (κ2) is 7.93. The van der Waals surface area contributed by atoms with Crippen LogP contribution in [0.1, 0.15) is 49.9 Å². The number of hydrogen-bond donors (Lipinski definition) is 1. The van der Waals surface area contributed by atoms with Crippen LogP contribution in [-0.4, -0.2) is 38.8 Å². The fourth-order valence-corrected chi connectivity index (χ4v) is 3.86. The Morgan fingerprint density at radius 2 is 2.13 bits per heavy atom. The van der Waals surface area contributed by atoms with Crippen molar-refractivity contribution in [2.45, 2.75) is 56.6 Å². The number of sulfone groups is 1. The van der Waals surface area contributed by atoms with Crippen LogP contribution in [0, 0.1) is 0 Å². The molecule has 5 nitrogen and oxygen atoms in total. The maximum atomic E-state index is 12.4. The molecule has 0 aromatic heterocycles. The second-order valence-electron chi connectivity index (χ2n) is 5.99. The van der Waals surface area contributed by atoms with Gasteiger partial charge in [0, 0.05) is 12.6 Å². The Bertz CT molecular complexity index is 636. The quantitative estimate of drug-likeness (QED) is 0.828. The van der Waals surface area contributed by atoms with Crippen LogP contribution in [0.15, 0.2) is 29.2 Å². The molecule has 0 aliphatic carbocycles. The Balaban J connectivity index is 2.00. The summed E-state index contributed by atoms with van der Waals surface area (Å²) in [5.74, 6) is -0.358. The number of rotatable bonds is 7. The SMILES string of the molecule is CCS(=O)(=O)c1ccccc1C(=O)N[C@@H](C)CC[C@H]1CCCO1. The number of carbonyl (C=O) groups excluding carboxylic acids is 1. The number of nitrogens with one attached hydrogen (secondary N) is 1.